The van der Waals surface area contributed by atoms with E-state index in [0.717, 1.165) is 17.7 Å². The fourth-order valence-electron chi connectivity index (χ4n) is 3.92. The first-order valence-corrected chi connectivity index (χ1v) is 12.7. The summed E-state index contributed by atoms with van der Waals surface area (Å²) in [6.45, 7) is 7.18. The molecule has 4 nitrogen and oxygen atoms in total. The van der Waals surface area contributed by atoms with Crippen LogP contribution in [0.5, 0.6) is 0 Å². The van der Waals surface area contributed by atoms with Gasteiger partial charge in [-0.05, 0) is 75.4 Å². The Hall–Kier alpha value is -2.47. The van der Waals surface area contributed by atoms with Crippen molar-refractivity contribution in [2.24, 2.45) is 0 Å². The van der Waals surface area contributed by atoms with E-state index in [4.69, 9.17) is 0 Å². The van der Waals surface area contributed by atoms with Gasteiger partial charge < -0.3 is 5.32 Å². The van der Waals surface area contributed by atoms with Crippen LogP contribution in [0.25, 0.3) is 0 Å². The third-order valence-electron chi connectivity index (χ3n) is 5.60. The molecule has 0 radical (unpaired) electrons. The molecule has 2 atom stereocenters. The molecule has 32 heavy (non-hydrogen) atoms. The molecule has 5 heteroatoms. The van der Waals surface area contributed by atoms with Crippen molar-refractivity contribution in [1.82, 2.24) is 10.0 Å². The number of rotatable bonds is 5. The van der Waals surface area contributed by atoms with Crippen LogP contribution < -0.4 is 10.0 Å². The Bertz CT molecular complexity index is 1080. The molecule has 0 amide bonds. The van der Waals surface area contributed by atoms with Crippen molar-refractivity contribution in [1.29, 1.82) is 0 Å². The molecule has 0 saturated heterocycles. The minimum absolute atomic E-state index is 0.149. The molecule has 0 spiro atoms. The van der Waals surface area contributed by atoms with E-state index in [1.165, 1.54) is 24.0 Å². The van der Waals surface area contributed by atoms with Gasteiger partial charge in [-0.15, -0.1) is 0 Å². The highest BCUT2D eigenvalue weighted by atomic mass is 32.2. The number of nitrogens with one attached hydrogen (secondary N) is 2. The fourth-order valence-corrected chi connectivity index (χ4v) is 5.16. The summed E-state index contributed by atoms with van der Waals surface area (Å²) in [5, 5.41) is 3.49. The highest BCUT2D eigenvalue weighted by Gasteiger charge is 2.17. The summed E-state index contributed by atoms with van der Waals surface area (Å²) in [5.74, 6) is 0. The monoisotopic (exact) mass is 450 g/mol. The van der Waals surface area contributed by atoms with Crippen molar-refractivity contribution in [3.8, 4) is 0 Å². The van der Waals surface area contributed by atoms with Crippen molar-refractivity contribution in [2.45, 2.75) is 57.0 Å². The Labute approximate surface area is 193 Å². The normalized spacial score (nSPS) is 16.8. The van der Waals surface area contributed by atoms with Crippen LogP contribution >= 0.6 is 0 Å². The average molecular weight is 451 g/mol. The van der Waals surface area contributed by atoms with Gasteiger partial charge in [-0.25, -0.2) is 13.1 Å². The average Bonchev–Trinajstić information content (AvgIpc) is 2.95. The number of aryl methyl sites for hydroxylation is 1. The topological polar surface area (TPSA) is 58.2 Å². The van der Waals surface area contributed by atoms with Crippen LogP contribution in [0.15, 0.2) is 83.8 Å². The summed E-state index contributed by atoms with van der Waals surface area (Å²) in [4.78, 5) is 0.308. The Morgan fingerprint density at radius 1 is 0.938 bits per heavy atom. The van der Waals surface area contributed by atoms with Crippen LogP contribution in [-0.2, 0) is 29.3 Å². The second kappa shape index (κ2) is 11.4. The minimum atomic E-state index is -3.45. The van der Waals surface area contributed by atoms with E-state index in [2.05, 4.69) is 41.2 Å². The Morgan fingerprint density at radius 3 is 2.25 bits per heavy atom. The van der Waals surface area contributed by atoms with Gasteiger partial charge in [0.2, 0.25) is 10.0 Å². The molecule has 1 aliphatic rings. The van der Waals surface area contributed by atoms with E-state index in [1.54, 1.807) is 24.3 Å². The van der Waals surface area contributed by atoms with Crippen LogP contribution in [0.3, 0.4) is 0 Å². The van der Waals surface area contributed by atoms with Crippen LogP contribution in [0, 0.1) is 6.92 Å². The van der Waals surface area contributed by atoms with E-state index in [9.17, 15) is 8.42 Å². The van der Waals surface area contributed by atoms with E-state index < -0.39 is 10.0 Å². The van der Waals surface area contributed by atoms with Crippen molar-refractivity contribution < 1.29 is 8.42 Å². The summed E-state index contributed by atoms with van der Waals surface area (Å²) in [6.07, 6.45) is 3.03. The van der Waals surface area contributed by atoms with Gasteiger partial charge >= 0.3 is 0 Å². The second-order valence-corrected chi connectivity index (χ2v) is 10.3. The molecule has 3 aromatic rings. The molecule has 4 rings (SSSR count). The standard InChI is InChI=1S/C16H19NO2S.C11H15N/c1-13-8-10-16(11-9-13)20(18,19)17-14(2)12-15-6-4-3-5-7-15;1-9-8-11-5-3-2-4-10(11)6-7-12-9/h3-11,14,17H,12H2,1-2H3;2-5,9,12H,6-8H2,1H3. The molecule has 2 N–H and O–H groups in total. The predicted octanol–water partition coefficient (Wildman–Crippen LogP) is 4.67. The summed E-state index contributed by atoms with van der Waals surface area (Å²) in [5.41, 5.74) is 5.21. The molecular weight excluding hydrogens is 416 g/mol. The van der Waals surface area contributed by atoms with Gasteiger partial charge in [-0.3, -0.25) is 0 Å². The van der Waals surface area contributed by atoms with Crippen LogP contribution in [0.1, 0.15) is 36.1 Å². The van der Waals surface area contributed by atoms with E-state index in [-0.39, 0.29) is 6.04 Å². The third kappa shape index (κ3) is 7.30. The first-order valence-electron chi connectivity index (χ1n) is 11.3. The second-order valence-electron chi connectivity index (χ2n) is 8.60. The first kappa shape index (κ1) is 24.2. The molecule has 2 unspecified atom stereocenters. The van der Waals surface area contributed by atoms with Gasteiger partial charge in [0, 0.05) is 12.1 Å². The maximum atomic E-state index is 12.2. The fraction of sp³-hybridized carbons (Fsp3) is 0.333. The zero-order chi connectivity index (χ0) is 23.0. The molecule has 170 valence electrons. The lowest BCUT2D eigenvalue weighted by atomic mass is 10.0. The van der Waals surface area contributed by atoms with Crippen molar-refractivity contribution in [3.05, 3.63) is 101 Å². The SMILES string of the molecule is CC1Cc2ccccc2CCN1.Cc1ccc(S(=O)(=O)NC(C)Cc2ccccc2)cc1. The quantitative estimate of drug-likeness (QED) is 0.594. The van der Waals surface area contributed by atoms with E-state index in [0.29, 0.717) is 17.4 Å². The largest absolute Gasteiger partial charge is 0.314 e. The lowest BCUT2D eigenvalue weighted by Crippen LogP contribution is -2.34. The number of hydrogen-bond donors (Lipinski definition) is 2. The van der Waals surface area contributed by atoms with Crippen molar-refractivity contribution in [3.63, 3.8) is 0 Å². The van der Waals surface area contributed by atoms with Gasteiger partial charge in [0.25, 0.3) is 0 Å². The molecule has 0 saturated carbocycles. The summed E-state index contributed by atoms with van der Waals surface area (Å²) < 4.78 is 27.2. The zero-order valence-electron chi connectivity index (χ0n) is 19.2. The van der Waals surface area contributed by atoms with Gasteiger partial charge in [0.05, 0.1) is 4.90 Å². The summed E-state index contributed by atoms with van der Waals surface area (Å²) >= 11 is 0. The minimum Gasteiger partial charge on any atom is -0.314 e. The van der Waals surface area contributed by atoms with Crippen LogP contribution in [0.4, 0.5) is 0 Å². The molecular formula is C27H34N2O2S. The van der Waals surface area contributed by atoms with Gasteiger partial charge in [-0.2, -0.15) is 0 Å². The zero-order valence-corrected chi connectivity index (χ0v) is 20.0. The maximum Gasteiger partial charge on any atom is 0.240 e. The number of fused-ring (bicyclic) bond motifs is 1. The number of sulfonamides is 1. The molecule has 3 aromatic carbocycles. The highest BCUT2D eigenvalue weighted by molar-refractivity contribution is 7.89. The van der Waals surface area contributed by atoms with Crippen molar-refractivity contribution >= 4 is 10.0 Å². The number of hydrogen-bond acceptors (Lipinski definition) is 3. The molecule has 0 fully saturated rings. The van der Waals surface area contributed by atoms with Gasteiger partial charge in [-0.1, -0.05) is 72.3 Å². The Morgan fingerprint density at radius 2 is 1.56 bits per heavy atom. The Balaban J connectivity index is 0.000000204. The Kier molecular flexibility index (Phi) is 8.62. The molecule has 1 heterocycles. The molecule has 0 aliphatic carbocycles. The first-order chi connectivity index (χ1) is 15.3. The molecule has 1 aliphatic heterocycles. The third-order valence-corrected chi connectivity index (χ3v) is 7.21. The summed E-state index contributed by atoms with van der Waals surface area (Å²) in [6, 6.07) is 26.0. The summed E-state index contributed by atoms with van der Waals surface area (Å²) in [7, 11) is -3.45. The van der Waals surface area contributed by atoms with Crippen LogP contribution in [0.2, 0.25) is 0 Å². The van der Waals surface area contributed by atoms with E-state index >= 15 is 0 Å². The molecule has 0 aromatic heterocycles. The lowest BCUT2D eigenvalue weighted by Gasteiger charge is -2.14. The van der Waals surface area contributed by atoms with Gasteiger partial charge in [0.15, 0.2) is 0 Å². The van der Waals surface area contributed by atoms with Crippen LogP contribution in [-0.4, -0.2) is 27.0 Å². The van der Waals surface area contributed by atoms with Crippen molar-refractivity contribution in [2.75, 3.05) is 6.54 Å². The predicted molar refractivity (Wildman–Crippen MR) is 132 cm³/mol. The smallest absolute Gasteiger partial charge is 0.240 e. The molecule has 0 bridgehead atoms. The highest BCUT2D eigenvalue weighted by Crippen LogP contribution is 2.14. The van der Waals surface area contributed by atoms with E-state index in [1.807, 2.05) is 44.2 Å². The van der Waals surface area contributed by atoms with Gasteiger partial charge in [0.1, 0.15) is 0 Å². The lowest BCUT2D eigenvalue weighted by molar-refractivity contribution is 0.560. The maximum absolute atomic E-state index is 12.2. The number of benzene rings is 3.